The van der Waals surface area contributed by atoms with Gasteiger partial charge in [0.2, 0.25) is 0 Å². The predicted octanol–water partition coefficient (Wildman–Crippen LogP) is 15.6. The van der Waals surface area contributed by atoms with Crippen LogP contribution in [-0.2, 0) is 23.8 Å². The molecule has 322 valence electrons. The Morgan fingerprint density at radius 1 is 0.411 bits per heavy atom. The lowest BCUT2D eigenvalue weighted by molar-refractivity contribution is -0.163. The van der Waals surface area contributed by atoms with Gasteiger partial charge in [-0.25, -0.2) is 0 Å². The van der Waals surface area contributed by atoms with Gasteiger partial charge in [-0.3, -0.25) is 9.59 Å². The van der Waals surface area contributed by atoms with E-state index in [9.17, 15) is 9.59 Å². The molecule has 0 N–H and O–H groups in total. The smallest absolute Gasteiger partial charge is 0.306 e. The molecule has 0 heterocycles. The molecule has 0 aromatic carbocycles. The Kier molecular flexibility index (Phi) is 44.5. The molecule has 5 heteroatoms. The summed E-state index contributed by atoms with van der Waals surface area (Å²) < 4.78 is 17.3. The van der Waals surface area contributed by atoms with Crippen LogP contribution >= 0.6 is 0 Å². The van der Waals surface area contributed by atoms with E-state index in [0.29, 0.717) is 19.4 Å². The summed E-state index contributed by atoms with van der Waals surface area (Å²) in [5.41, 5.74) is 0. The monoisotopic (exact) mass is 781 g/mol. The van der Waals surface area contributed by atoms with E-state index >= 15 is 0 Å². The molecule has 1 atom stereocenters. The van der Waals surface area contributed by atoms with Crippen molar-refractivity contribution in [2.45, 2.75) is 219 Å². The van der Waals surface area contributed by atoms with Crippen LogP contribution in [0, 0.1) is 0 Å². The van der Waals surface area contributed by atoms with Gasteiger partial charge in [-0.05, 0) is 83.5 Å². The van der Waals surface area contributed by atoms with E-state index < -0.39 is 6.10 Å². The van der Waals surface area contributed by atoms with Crippen LogP contribution in [0.5, 0.6) is 0 Å². The van der Waals surface area contributed by atoms with Gasteiger partial charge in [0.25, 0.3) is 0 Å². The van der Waals surface area contributed by atoms with Gasteiger partial charge in [0, 0.05) is 19.4 Å². The van der Waals surface area contributed by atoms with Gasteiger partial charge in [-0.15, -0.1) is 0 Å². The summed E-state index contributed by atoms with van der Waals surface area (Å²) in [7, 11) is 0. The highest BCUT2D eigenvalue weighted by Gasteiger charge is 2.17. The Balaban J connectivity index is 4.34. The molecule has 0 aliphatic carbocycles. The van der Waals surface area contributed by atoms with Crippen molar-refractivity contribution in [1.29, 1.82) is 0 Å². The average molecular weight is 781 g/mol. The summed E-state index contributed by atoms with van der Waals surface area (Å²) in [6.45, 7) is 7.52. The molecule has 0 radical (unpaired) electrons. The molecule has 0 bridgehead atoms. The Labute approximate surface area is 347 Å². The Morgan fingerprint density at radius 2 is 0.804 bits per heavy atom. The van der Waals surface area contributed by atoms with Crippen LogP contribution in [-0.4, -0.2) is 37.9 Å². The molecule has 0 aromatic heterocycles. The zero-order chi connectivity index (χ0) is 40.7. The third-order valence-corrected chi connectivity index (χ3v) is 9.74. The number of esters is 2. The van der Waals surface area contributed by atoms with E-state index in [-0.39, 0.29) is 25.2 Å². The summed E-state index contributed by atoms with van der Waals surface area (Å²) in [5, 5.41) is 0. The van der Waals surface area contributed by atoms with Gasteiger partial charge in [-0.2, -0.15) is 0 Å². The second-order valence-corrected chi connectivity index (χ2v) is 15.3. The maximum Gasteiger partial charge on any atom is 0.306 e. The molecule has 0 saturated heterocycles. The maximum absolute atomic E-state index is 12.7. The van der Waals surface area contributed by atoms with Crippen LogP contribution in [0.3, 0.4) is 0 Å². The van der Waals surface area contributed by atoms with Gasteiger partial charge >= 0.3 is 11.9 Å². The third-order valence-electron chi connectivity index (χ3n) is 9.74. The fourth-order valence-corrected chi connectivity index (χ4v) is 6.30. The van der Waals surface area contributed by atoms with Crippen LogP contribution in [0.15, 0.2) is 72.9 Å². The molecule has 0 aliphatic heterocycles. The van der Waals surface area contributed by atoms with Crippen molar-refractivity contribution in [3.05, 3.63) is 72.9 Å². The third kappa shape index (κ3) is 44.1. The Hall–Kier alpha value is -2.66. The summed E-state index contributed by atoms with van der Waals surface area (Å²) in [4.78, 5) is 25.3. The van der Waals surface area contributed by atoms with Gasteiger partial charge in [0.05, 0.1) is 6.61 Å². The average Bonchev–Trinajstić information content (AvgIpc) is 3.20. The fourth-order valence-electron chi connectivity index (χ4n) is 6.30. The quantitative estimate of drug-likeness (QED) is 0.0351. The molecule has 0 rings (SSSR count). The van der Waals surface area contributed by atoms with Gasteiger partial charge in [0.1, 0.15) is 6.61 Å². The number of ether oxygens (including phenoxy) is 3. The van der Waals surface area contributed by atoms with E-state index in [2.05, 4.69) is 93.7 Å². The summed E-state index contributed by atoms with van der Waals surface area (Å²) in [6.07, 6.45) is 59.0. The summed E-state index contributed by atoms with van der Waals surface area (Å²) >= 11 is 0. The lowest BCUT2D eigenvalue weighted by Gasteiger charge is -2.18. The molecule has 0 fully saturated rings. The van der Waals surface area contributed by atoms with Crippen LogP contribution in [0.25, 0.3) is 0 Å². The van der Waals surface area contributed by atoms with Crippen molar-refractivity contribution < 1.29 is 23.8 Å². The second-order valence-electron chi connectivity index (χ2n) is 15.3. The molecule has 0 aromatic rings. The normalized spacial score (nSPS) is 12.8. The first-order valence-corrected chi connectivity index (χ1v) is 23.5. The lowest BCUT2D eigenvalue weighted by atomic mass is 10.0. The Bertz CT molecular complexity index is 1020. The molecular weight excluding hydrogens is 693 g/mol. The largest absolute Gasteiger partial charge is 0.462 e. The fraction of sp³-hybridized carbons (Fsp3) is 0.725. The van der Waals surface area contributed by atoms with Crippen LogP contribution in [0.1, 0.15) is 213 Å². The minimum Gasteiger partial charge on any atom is -0.462 e. The van der Waals surface area contributed by atoms with Gasteiger partial charge in [0.15, 0.2) is 6.10 Å². The standard InChI is InChI=1S/C51H88O5/c1-4-7-10-13-16-19-22-25-28-31-34-37-40-43-46-54-47-49(56-51(53)45-42-39-36-33-30-27-24-21-18-15-12-9-6-3)48-55-50(52)44-41-38-35-32-29-26-23-20-17-14-11-8-5-2/h7-8,10-11,16-17,19-20,25-26,28-29,49H,4-6,9,12-15,18,21-24,27,30-48H2,1-3H3/b10-7-,11-8-,19-16-,20-17-,28-25-,29-26-. The molecule has 0 amide bonds. The van der Waals surface area contributed by atoms with Crippen LogP contribution in [0.2, 0.25) is 0 Å². The van der Waals surface area contributed by atoms with Gasteiger partial charge in [-0.1, -0.05) is 190 Å². The molecule has 0 aliphatic rings. The number of rotatable bonds is 42. The first-order chi connectivity index (χ1) is 27.6. The van der Waals surface area contributed by atoms with Crippen molar-refractivity contribution in [2.75, 3.05) is 19.8 Å². The molecule has 5 nitrogen and oxygen atoms in total. The number of allylic oxidation sites excluding steroid dienone is 12. The Morgan fingerprint density at radius 3 is 1.30 bits per heavy atom. The van der Waals surface area contributed by atoms with E-state index in [1.807, 2.05) is 0 Å². The first-order valence-electron chi connectivity index (χ1n) is 23.5. The van der Waals surface area contributed by atoms with E-state index in [0.717, 1.165) is 96.3 Å². The predicted molar refractivity (Wildman–Crippen MR) is 242 cm³/mol. The summed E-state index contributed by atoms with van der Waals surface area (Å²) in [5.74, 6) is -0.444. The van der Waals surface area contributed by atoms with Crippen molar-refractivity contribution in [1.82, 2.24) is 0 Å². The van der Waals surface area contributed by atoms with Crippen molar-refractivity contribution >= 4 is 11.9 Å². The number of unbranched alkanes of at least 4 members (excludes halogenated alkanes) is 19. The topological polar surface area (TPSA) is 61.8 Å². The minimum atomic E-state index is -0.558. The first kappa shape index (κ1) is 53.3. The molecule has 0 saturated carbocycles. The summed E-state index contributed by atoms with van der Waals surface area (Å²) in [6, 6.07) is 0. The van der Waals surface area contributed by atoms with Gasteiger partial charge < -0.3 is 14.2 Å². The van der Waals surface area contributed by atoms with Crippen molar-refractivity contribution in [3.63, 3.8) is 0 Å². The van der Waals surface area contributed by atoms with Crippen LogP contribution in [0.4, 0.5) is 0 Å². The number of hydrogen-bond donors (Lipinski definition) is 0. The van der Waals surface area contributed by atoms with E-state index in [4.69, 9.17) is 14.2 Å². The zero-order valence-electron chi connectivity index (χ0n) is 36.9. The lowest BCUT2D eigenvalue weighted by Crippen LogP contribution is -2.30. The molecule has 1 unspecified atom stereocenters. The molecule has 0 spiro atoms. The minimum absolute atomic E-state index is 0.0602. The highest BCUT2D eigenvalue weighted by atomic mass is 16.6. The number of carbonyl (C=O) groups is 2. The number of hydrogen-bond acceptors (Lipinski definition) is 5. The number of carbonyl (C=O) groups excluding carboxylic acids is 2. The SMILES string of the molecule is CC/C=C\C/C=C\C/C=C\CCCCCCOCC(COC(=O)CCCCC/C=C\C/C=C\C/C=C\CC)OC(=O)CCCCCCCCCCCCCCC. The van der Waals surface area contributed by atoms with E-state index in [1.54, 1.807) is 0 Å². The molecular formula is C51H88O5. The zero-order valence-corrected chi connectivity index (χ0v) is 36.9. The maximum atomic E-state index is 12.7. The van der Waals surface area contributed by atoms with Crippen molar-refractivity contribution in [2.24, 2.45) is 0 Å². The highest BCUT2D eigenvalue weighted by Crippen LogP contribution is 2.14. The van der Waals surface area contributed by atoms with Crippen molar-refractivity contribution in [3.8, 4) is 0 Å². The highest BCUT2D eigenvalue weighted by molar-refractivity contribution is 5.70. The second kappa shape index (κ2) is 46.7. The van der Waals surface area contributed by atoms with Crippen LogP contribution < -0.4 is 0 Å². The van der Waals surface area contributed by atoms with E-state index in [1.165, 1.54) is 83.5 Å². The molecule has 56 heavy (non-hydrogen) atoms.